The Labute approximate surface area is 170 Å². The highest BCUT2D eigenvalue weighted by atomic mass is 127. The van der Waals surface area contributed by atoms with Crippen LogP contribution in [0.4, 0.5) is 13.2 Å². The van der Waals surface area contributed by atoms with E-state index in [1.54, 1.807) is 24.5 Å². The van der Waals surface area contributed by atoms with Crippen LogP contribution in [0.15, 0.2) is 34.9 Å². The van der Waals surface area contributed by atoms with Gasteiger partial charge in [0.15, 0.2) is 11.7 Å². The van der Waals surface area contributed by atoms with Crippen LogP contribution in [-0.2, 0) is 12.7 Å². The van der Waals surface area contributed by atoms with E-state index in [9.17, 15) is 13.2 Å². The van der Waals surface area contributed by atoms with Crippen molar-refractivity contribution in [2.24, 2.45) is 4.99 Å². The highest BCUT2D eigenvalue weighted by molar-refractivity contribution is 14.0. The summed E-state index contributed by atoms with van der Waals surface area (Å²) < 4.78 is 43.1. The summed E-state index contributed by atoms with van der Waals surface area (Å²) in [6.45, 7) is 3.47. The maximum Gasteiger partial charge on any atom is 0.434 e. The molecule has 0 atom stereocenters. The third-order valence-corrected chi connectivity index (χ3v) is 3.69. The topological polar surface area (TPSA) is 71.4 Å². The molecular formula is C15H19F3IN5OS. The van der Waals surface area contributed by atoms with E-state index in [1.165, 1.54) is 0 Å². The standard InChI is InChI=1S/C15H18F3N5OS.HI/c1-2-20-14(21-6-7-24-11-4-3-5-19-8-11)22-9-13-23-12(10-25-13)15(16,17)18;/h3-5,8,10H,2,6-7,9H2,1H3,(H2,20,21,22);1H. The molecule has 0 saturated carbocycles. The Kier molecular flexibility index (Phi) is 9.62. The predicted octanol–water partition coefficient (Wildman–Crippen LogP) is 3.31. The molecule has 0 radical (unpaired) electrons. The Hall–Kier alpha value is -1.63. The number of nitrogens with zero attached hydrogens (tertiary/aromatic N) is 3. The molecule has 2 aromatic heterocycles. The summed E-state index contributed by atoms with van der Waals surface area (Å²) in [6, 6.07) is 3.57. The van der Waals surface area contributed by atoms with E-state index in [4.69, 9.17) is 4.74 Å². The van der Waals surface area contributed by atoms with E-state index < -0.39 is 11.9 Å². The first-order chi connectivity index (χ1) is 12.0. The van der Waals surface area contributed by atoms with Crippen LogP contribution in [0.3, 0.4) is 0 Å². The number of nitrogens with one attached hydrogen (secondary N) is 2. The van der Waals surface area contributed by atoms with E-state index in [2.05, 4.69) is 25.6 Å². The maximum atomic E-state index is 12.5. The van der Waals surface area contributed by atoms with Crippen LogP contribution in [0, 0.1) is 0 Å². The van der Waals surface area contributed by atoms with Gasteiger partial charge in [-0.25, -0.2) is 9.98 Å². The number of guanidine groups is 1. The van der Waals surface area contributed by atoms with Crippen molar-refractivity contribution < 1.29 is 17.9 Å². The minimum atomic E-state index is -4.43. The van der Waals surface area contributed by atoms with Gasteiger partial charge in [0.25, 0.3) is 0 Å². The summed E-state index contributed by atoms with van der Waals surface area (Å²) in [6.07, 6.45) is -1.16. The first-order valence-electron chi connectivity index (χ1n) is 7.55. The van der Waals surface area contributed by atoms with Gasteiger partial charge in [0, 0.05) is 18.1 Å². The van der Waals surface area contributed by atoms with Crippen molar-refractivity contribution in [1.82, 2.24) is 20.6 Å². The smallest absolute Gasteiger partial charge is 0.434 e. The Morgan fingerprint density at radius 3 is 2.77 bits per heavy atom. The molecule has 0 aliphatic heterocycles. The summed E-state index contributed by atoms with van der Waals surface area (Å²) >= 11 is 0.937. The lowest BCUT2D eigenvalue weighted by Crippen LogP contribution is -2.39. The van der Waals surface area contributed by atoms with Crippen LogP contribution in [0.25, 0.3) is 0 Å². The SMILES string of the molecule is CCNC(=NCc1nc(C(F)(F)F)cs1)NCCOc1cccnc1.I. The van der Waals surface area contributed by atoms with Crippen molar-refractivity contribution in [3.05, 3.63) is 40.6 Å². The van der Waals surface area contributed by atoms with Gasteiger partial charge < -0.3 is 15.4 Å². The van der Waals surface area contributed by atoms with Gasteiger partial charge in [-0.15, -0.1) is 35.3 Å². The predicted molar refractivity (Wildman–Crippen MR) is 105 cm³/mol. The van der Waals surface area contributed by atoms with E-state index in [1.807, 2.05) is 6.92 Å². The Morgan fingerprint density at radius 1 is 1.35 bits per heavy atom. The molecule has 6 nitrogen and oxygen atoms in total. The fraction of sp³-hybridized carbons (Fsp3) is 0.400. The molecule has 0 amide bonds. The van der Waals surface area contributed by atoms with E-state index >= 15 is 0 Å². The normalized spacial score (nSPS) is 11.6. The van der Waals surface area contributed by atoms with Crippen molar-refractivity contribution >= 4 is 41.3 Å². The molecule has 2 N–H and O–H groups in total. The van der Waals surface area contributed by atoms with Crippen LogP contribution in [0.2, 0.25) is 0 Å². The molecule has 0 aliphatic rings. The molecular weight excluding hydrogens is 482 g/mol. The molecule has 11 heteroatoms. The number of hydrogen-bond donors (Lipinski definition) is 2. The van der Waals surface area contributed by atoms with Crippen LogP contribution in [-0.4, -0.2) is 35.6 Å². The second kappa shape index (κ2) is 11.2. The lowest BCUT2D eigenvalue weighted by atomic mass is 10.5. The summed E-state index contributed by atoms with van der Waals surface area (Å²) in [5, 5.41) is 7.36. The van der Waals surface area contributed by atoms with Gasteiger partial charge in [-0.05, 0) is 19.1 Å². The summed E-state index contributed by atoms with van der Waals surface area (Å²) in [5.74, 6) is 1.15. The maximum absolute atomic E-state index is 12.5. The van der Waals surface area contributed by atoms with Crippen LogP contribution in [0.1, 0.15) is 17.6 Å². The number of aliphatic imine (C=N–C) groups is 1. The fourth-order valence-corrected chi connectivity index (χ4v) is 2.50. The number of ether oxygens (including phenoxy) is 1. The van der Waals surface area contributed by atoms with Crippen molar-refractivity contribution in [3.63, 3.8) is 0 Å². The second-order valence-electron chi connectivity index (χ2n) is 4.78. The average Bonchev–Trinajstić information content (AvgIpc) is 3.07. The van der Waals surface area contributed by atoms with Crippen LogP contribution < -0.4 is 15.4 Å². The molecule has 2 heterocycles. The van der Waals surface area contributed by atoms with Gasteiger partial charge in [0.05, 0.1) is 19.3 Å². The van der Waals surface area contributed by atoms with Crippen molar-refractivity contribution in [3.8, 4) is 5.75 Å². The van der Waals surface area contributed by atoms with Crippen molar-refractivity contribution in [2.45, 2.75) is 19.6 Å². The molecule has 26 heavy (non-hydrogen) atoms. The summed E-state index contributed by atoms with van der Waals surface area (Å²) in [7, 11) is 0. The van der Waals surface area contributed by atoms with Crippen molar-refractivity contribution in [2.75, 3.05) is 19.7 Å². The molecule has 0 saturated heterocycles. The zero-order chi connectivity index (χ0) is 18.1. The van der Waals surface area contributed by atoms with Gasteiger partial charge in [0.1, 0.15) is 17.4 Å². The largest absolute Gasteiger partial charge is 0.490 e. The molecule has 2 aromatic rings. The molecule has 144 valence electrons. The number of thiazole rings is 1. The number of alkyl halides is 3. The lowest BCUT2D eigenvalue weighted by Gasteiger charge is -2.11. The summed E-state index contributed by atoms with van der Waals surface area (Å²) in [4.78, 5) is 11.7. The molecule has 0 bridgehead atoms. The number of rotatable bonds is 7. The third-order valence-electron chi connectivity index (χ3n) is 2.86. The minimum absolute atomic E-state index is 0. The zero-order valence-electron chi connectivity index (χ0n) is 13.9. The number of pyridine rings is 1. The highest BCUT2D eigenvalue weighted by Gasteiger charge is 2.33. The first-order valence-corrected chi connectivity index (χ1v) is 8.43. The van der Waals surface area contributed by atoms with Crippen molar-refractivity contribution in [1.29, 1.82) is 0 Å². The number of halogens is 4. The lowest BCUT2D eigenvalue weighted by molar-refractivity contribution is -0.140. The van der Waals surface area contributed by atoms with Gasteiger partial charge in [-0.2, -0.15) is 13.2 Å². The second-order valence-corrected chi connectivity index (χ2v) is 5.73. The Bertz CT molecular complexity index is 681. The third kappa shape index (κ3) is 7.72. The van der Waals surface area contributed by atoms with Gasteiger partial charge in [-0.1, -0.05) is 0 Å². The van der Waals surface area contributed by atoms with E-state index in [0.29, 0.717) is 36.4 Å². The fourth-order valence-electron chi connectivity index (χ4n) is 1.77. The molecule has 0 aromatic carbocycles. The molecule has 0 fully saturated rings. The zero-order valence-corrected chi connectivity index (χ0v) is 17.1. The first kappa shape index (κ1) is 22.4. The Morgan fingerprint density at radius 2 is 2.15 bits per heavy atom. The van der Waals surface area contributed by atoms with Gasteiger partial charge >= 0.3 is 6.18 Å². The molecule has 0 spiro atoms. The van der Waals surface area contributed by atoms with Gasteiger partial charge in [-0.3, -0.25) is 4.98 Å². The van der Waals surface area contributed by atoms with E-state index in [-0.39, 0.29) is 30.5 Å². The number of aromatic nitrogens is 2. The average molecular weight is 501 g/mol. The highest BCUT2D eigenvalue weighted by Crippen LogP contribution is 2.30. The van der Waals surface area contributed by atoms with E-state index in [0.717, 1.165) is 16.7 Å². The minimum Gasteiger partial charge on any atom is -0.490 e. The molecule has 0 aliphatic carbocycles. The molecule has 2 rings (SSSR count). The number of hydrogen-bond acceptors (Lipinski definition) is 5. The monoisotopic (exact) mass is 501 g/mol. The Balaban J connectivity index is 0.00000338. The van der Waals surface area contributed by atoms with Crippen LogP contribution in [0.5, 0.6) is 5.75 Å². The van der Waals surface area contributed by atoms with Crippen LogP contribution >= 0.6 is 35.3 Å². The summed E-state index contributed by atoms with van der Waals surface area (Å²) in [5.41, 5.74) is -0.884. The van der Waals surface area contributed by atoms with Gasteiger partial charge in [0.2, 0.25) is 0 Å². The quantitative estimate of drug-likeness (QED) is 0.264. The molecule has 0 unspecified atom stereocenters.